The first-order chi connectivity index (χ1) is 14.1. The number of hydrogen-bond acceptors (Lipinski definition) is 5. The highest BCUT2D eigenvalue weighted by molar-refractivity contribution is 7.54. The molecule has 2 aromatic carbocycles. The highest BCUT2D eigenvalue weighted by Gasteiger charge is 2.37. The minimum Gasteiger partial charge on any atom is -0.372 e. The minimum absolute atomic E-state index is 0.307. The molecule has 158 valence electrons. The Morgan fingerprint density at radius 2 is 1.55 bits per heavy atom. The van der Waals surface area contributed by atoms with E-state index in [1.807, 2.05) is 38.1 Å². The molecule has 7 heteroatoms. The third-order valence-electron chi connectivity index (χ3n) is 5.01. The number of nitrogens with one attached hydrogen (secondary N) is 1. The quantitative estimate of drug-likeness (QED) is 0.443. The molecule has 5 nitrogen and oxygen atoms in total. The van der Waals surface area contributed by atoms with Crippen LogP contribution >= 0.6 is 19.2 Å². The topological polar surface area (TPSA) is 50.8 Å². The predicted octanol–water partition coefficient (Wildman–Crippen LogP) is 6.71. The van der Waals surface area contributed by atoms with E-state index in [2.05, 4.69) is 22.3 Å². The van der Waals surface area contributed by atoms with Gasteiger partial charge in [0.25, 0.3) is 0 Å². The van der Waals surface area contributed by atoms with Gasteiger partial charge in [0, 0.05) is 29.5 Å². The molecule has 1 aliphatic rings. The molecule has 1 fully saturated rings. The van der Waals surface area contributed by atoms with Gasteiger partial charge < -0.3 is 19.3 Å². The van der Waals surface area contributed by atoms with Crippen molar-refractivity contribution in [2.45, 2.75) is 38.9 Å². The van der Waals surface area contributed by atoms with Gasteiger partial charge in [0.2, 0.25) is 0 Å². The van der Waals surface area contributed by atoms with E-state index in [9.17, 15) is 4.57 Å². The maximum Gasteiger partial charge on any atom is 0.357 e. The van der Waals surface area contributed by atoms with Crippen molar-refractivity contribution in [1.29, 1.82) is 0 Å². The molecule has 0 bridgehead atoms. The number of rotatable bonds is 9. The molecular weight excluding hydrogens is 407 g/mol. The summed E-state index contributed by atoms with van der Waals surface area (Å²) >= 11 is 6.01. The predicted molar refractivity (Wildman–Crippen MR) is 121 cm³/mol. The summed E-state index contributed by atoms with van der Waals surface area (Å²) in [5, 5.41) is 4.00. The number of benzene rings is 2. The molecule has 1 atom stereocenters. The van der Waals surface area contributed by atoms with Gasteiger partial charge >= 0.3 is 7.60 Å². The fourth-order valence-electron chi connectivity index (χ4n) is 3.61. The summed E-state index contributed by atoms with van der Waals surface area (Å²) in [7, 11) is -3.43. The fraction of sp³-hybridized carbons (Fsp3) is 0.455. The van der Waals surface area contributed by atoms with Gasteiger partial charge in [0.15, 0.2) is 5.78 Å². The van der Waals surface area contributed by atoms with Gasteiger partial charge in [-0.2, -0.15) is 0 Å². The number of hydrogen-bond donors (Lipinski definition) is 1. The van der Waals surface area contributed by atoms with Crippen LogP contribution in [-0.4, -0.2) is 26.3 Å². The molecule has 0 amide bonds. The molecule has 1 heterocycles. The Balaban J connectivity index is 1.90. The third-order valence-corrected chi connectivity index (χ3v) is 7.56. The molecule has 0 radical (unpaired) electrons. The molecule has 1 aliphatic heterocycles. The Bertz CT molecular complexity index is 798. The van der Waals surface area contributed by atoms with E-state index in [1.165, 1.54) is 24.9 Å². The van der Waals surface area contributed by atoms with Crippen molar-refractivity contribution in [2.75, 3.05) is 36.5 Å². The Hall–Kier alpha value is -1.52. The van der Waals surface area contributed by atoms with Crippen molar-refractivity contribution >= 4 is 30.6 Å². The van der Waals surface area contributed by atoms with Crippen LogP contribution in [0.25, 0.3) is 0 Å². The van der Waals surface area contributed by atoms with E-state index in [0.29, 0.717) is 18.2 Å². The van der Waals surface area contributed by atoms with Crippen LogP contribution in [0.5, 0.6) is 0 Å². The molecule has 1 saturated heterocycles. The Morgan fingerprint density at radius 3 is 2.10 bits per heavy atom. The lowest BCUT2D eigenvalue weighted by Gasteiger charge is -2.30. The van der Waals surface area contributed by atoms with Gasteiger partial charge in [-0.15, -0.1) is 0 Å². The summed E-state index contributed by atoms with van der Waals surface area (Å²) in [5.41, 5.74) is 2.87. The second kappa shape index (κ2) is 10.5. The highest BCUT2D eigenvalue weighted by atomic mass is 35.5. The van der Waals surface area contributed by atoms with Crippen LogP contribution in [0, 0.1) is 0 Å². The molecule has 0 aliphatic carbocycles. The van der Waals surface area contributed by atoms with E-state index >= 15 is 0 Å². The second-order valence-electron chi connectivity index (χ2n) is 7.07. The summed E-state index contributed by atoms with van der Waals surface area (Å²) in [4.78, 5) is 2.40. The standard InChI is InChI=1S/C22H30ClN2O3P/c1-3-27-29(26,28-4-2)22(24-20-12-10-19(23)11-13-20)18-8-14-21(15-9-18)25-16-6-5-7-17-25/h8-15,22,24H,3-7,16-17H2,1-2H3. The molecule has 0 spiro atoms. The lowest BCUT2D eigenvalue weighted by molar-refractivity contribution is 0.214. The van der Waals surface area contributed by atoms with Crippen LogP contribution in [0.2, 0.25) is 5.02 Å². The number of anilines is 2. The second-order valence-corrected chi connectivity index (χ2v) is 9.62. The summed E-state index contributed by atoms with van der Waals surface area (Å²) in [6.07, 6.45) is 3.76. The van der Waals surface area contributed by atoms with E-state index in [4.69, 9.17) is 20.6 Å². The molecule has 0 aromatic heterocycles. The van der Waals surface area contributed by atoms with E-state index < -0.39 is 13.4 Å². The number of piperidine rings is 1. The van der Waals surface area contributed by atoms with Crippen molar-refractivity contribution in [3.63, 3.8) is 0 Å². The first kappa shape index (κ1) is 22.2. The van der Waals surface area contributed by atoms with Gasteiger partial charge in [0.1, 0.15) is 0 Å². The third kappa shape index (κ3) is 5.76. The van der Waals surface area contributed by atoms with Crippen molar-refractivity contribution in [1.82, 2.24) is 0 Å². The van der Waals surface area contributed by atoms with Crippen molar-refractivity contribution in [3.8, 4) is 0 Å². The molecule has 29 heavy (non-hydrogen) atoms. The molecular formula is C22H30ClN2O3P. The maximum absolute atomic E-state index is 13.6. The maximum atomic E-state index is 13.6. The summed E-state index contributed by atoms with van der Waals surface area (Å²) < 4.78 is 25.0. The molecule has 1 N–H and O–H groups in total. The zero-order valence-corrected chi connectivity index (χ0v) is 18.8. The first-order valence-corrected chi connectivity index (χ1v) is 12.3. The fourth-order valence-corrected chi connectivity index (χ4v) is 5.68. The van der Waals surface area contributed by atoms with Crippen molar-refractivity contribution in [3.05, 3.63) is 59.1 Å². The van der Waals surface area contributed by atoms with Crippen molar-refractivity contribution in [2.24, 2.45) is 0 Å². The SMILES string of the molecule is CCOP(=O)(OCC)C(Nc1ccc(Cl)cc1)c1ccc(N2CCCCC2)cc1. The summed E-state index contributed by atoms with van der Waals surface area (Å²) in [6.45, 7) is 6.43. The van der Waals surface area contributed by atoms with Crippen LogP contribution in [0.1, 0.15) is 44.5 Å². The molecule has 2 aromatic rings. The van der Waals surface area contributed by atoms with Crippen molar-refractivity contribution < 1.29 is 13.6 Å². The van der Waals surface area contributed by atoms with Crippen LogP contribution < -0.4 is 10.2 Å². The van der Waals surface area contributed by atoms with Gasteiger partial charge in [-0.3, -0.25) is 4.57 Å². The van der Waals surface area contributed by atoms with Crippen LogP contribution in [-0.2, 0) is 13.6 Å². The number of nitrogens with zero attached hydrogens (tertiary/aromatic N) is 1. The smallest absolute Gasteiger partial charge is 0.357 e. The van der Waals surface area contributed by atoms with Gasteiger partial charge in [0.05, 0.1) is 13.2 Å². The van der Waals surface area contributed by atoms with Crippen LogP contribution in [0.15, 0.2) is 48.5 Å². The van der Waals surface area contributed by atoms with E-state index in [-0.39, 0.29) is 0 Å². The van der Waals surface area contributed by atoms with Crippen LogP contribution in [0.4, 0.5) is 11.4 Å². The Kier molecular flexibility index (Phi) is 8.02. The zero-order chi connectivity index (χ0) is 20.7. The molecule has 1 unspecified atom stereocenters. The van der Waals surface area contributed by atoms with Gasteiger partial charge in [-0.05, 0) is 75.1 Å². The Morgan fingerprint density at radius 1 is 0.966 bits per heavy atom. The lowest BCUT2D eigenvalue weighted by atomic mass is 10.1. The molecule has 3 rings (SSSR count). The average molecular weight is 437 g/mol. The van der Waals surface area contributed by atoms with Gasteiger partial charge in [-0.25, -0.2) is 0 Å². The highest BCUT2D eigenvalue weighted by Crippen LogP contribution is 2.60. The van der Waals surface area contributed by atoms with Crippen LogP contribution in [0.3, 0.4) is 0 Å². The minimum atomic E-state index is -3.43. The van der Waals surface area contributed by atoms with Gasteiger partial charge in [-0.1, -0.05) is 23.7 Å². The largest absolute Gasteiger partial charge is 0.372 e. The van der Waals surface area contributed by atoms with E-state index in [1.54, 1.807) is 12.1 Å². The average Bonchev–Trinajstić information content (AvgIpc) is 2.74. The summed E-state index contributed by atoms with van der Waals surface area (Å²) in [5.74, 6) is -0.612. The lowest BCUT2D eigenvalue weighted by Crippen LogP contribution is -2.29. The molecule has 0 saturated carbocycles. The normalized spacial score (nSPS) is 15.9. The Labute approximate surface area is 178 Å². The first-order valence-electron chi connectivity index (χ1n) is 10.3. The van der Waals surface area contributed by atoms with E-state index in [0.717, 1.165) is 24.3 Å². The summed E-state index contributed by atoms with van der Waals surface area (Å²) in [6, 6.07) is 15.5. The monoisotopic (exact) mass is 436 g/mol. The zero-order valence-electron chi connectivity index (χ0n) is 17.1. The number of halogens is 1.